The molecule has 0 fully saturated rings. The molecule has 33 heavy (non-hydrogen) atoms. The van der Waals surface area contributed by atoms with Crippen LogP contribution >= 0.6 is 23.2 Å². The second-order valence-corrected chi connectivity index (χ2v) is 9.25. The van der Waals surface area contributed by atoms with Gasteiger partial charge in [0.2, 0.25) is 0 Å². The monoisotopic (exact) mass is 506 g/mol. The molecule has 0 aromatic heterocycles. The van der Waals surface area contributed by atoms with Gasteiger partial charge in [0.25, 0.3) is 0 Å². The molecule has 3 aromatic rings. The van der Waals surface area contributed by atoms with Gasteiger partial charge in [-0.3, -0.25) is 0 Å². The number of hydrogen-bond acceptors (Lipinski definition) is 0. The molecule has 3 aromatic carbocycles. The smallest absolute Gasteiger partial charge is 0.166 e. The molecule has 0 saturated heterocycles. The Kier molecular flexibility index (Phi) is 8.19. The third-order valence-corrected chi connectivity index (χ3v) is 5.62. The molecule has 0 bridgehead atoms. The van der Waals surface area contributed by atoms with Crippen molar-refractivity contribution < 1.29 is 26.3 Å². The van der Waals surface area contributed by atoms with Crippen LogP contribution in [0.15, 0.2) is 60.7 Å². The molecule has 0 aliphatic heterocycles. The van der Waals surface area contributed by atoms with E-state index in [-0.39, 0.29) is 15.5 Å². The normalized spacial score (nSPS) is 12.2. The lowest BCUT2D eigenvalue weighted by atomic mass is 9.85. The lowest BCUT2D eigenvalue weighted by Crippen LogP contribution is -2.15. The Bertz CT molecular complexity index is 1090. The highest BCUT2D eigenvalue weighted by atomic mass is 35.5. The SMILES string of the molecule is Cc1cc(C(C)(C)C)cc(C(F)(F)F)c1Cl.FC(F)(F)c1ccc(-c2ccccc2)cc1Cl. The number of hydrogen-bond donors (Lipinski definition) is 0. The summed E-state index contributed by atoms with van der Waals surface area (Å²) in [5, 5.41) is -0.487. The van der Waals surface area contributed by atoms with Crippen molar-refractivity contribution in [2.75, 3.05) is 0 Å². The average molecular weight is 507 g/mol. The predicted molar refractivity (Wildman–Crippen MR) is 122 cm³/mol. The molecule has 0 amide bonds. The fourth-order valence-electron chi connectivity index (χ4n) is 2.96. The van der Waals surface area contributed by atoms with Gasteiger partial charge >= 0.3 is 12.4 Å². The maximum Gasteiger partial charge on any atom is 0.417 e. The second kappa shape index (κ2) is 9.98. The van der Waals surface area contributed by atoms with E-state index in [2.05, 4.69) is 0 Å². The van der Waals surface area contributed by atoms with E-state index in [0.717, 1.165) is 17.7 Å². The van der Waals surface area contributed by atoms with Crippen molar-refractivity contribution >= 4 is 23.2 Å². The molecule has 0 aliphatic rings. The molecule has 0 N–H and O–H groups in total. The third kappa shape index (κ3) is 7.15. The first-order valence-electron chi connectivity index (χ1n) is 9.82. The fraction of sp³-hybridized carbons (Fsp3) is 0.280. The van der Waals surface area contributed by atoms with E-state index in [4.69, 9.17) is 23.2 Å². The molecule has 0 nitrogen and oxygen atoms in total. The first-order chi connectivity index (χ1) is 15.0. The second-order valence-electron chi connectivity index (χ2n) is 8.46. The van der Waals surface area contributed by atoms with Crippen LogP contribution in [-0.4, -0.2) is 0 Å². The van der Waals surface area contributed by atoms with E-state index in [1.165, 1.54) is 12.1 Å². The number of halogens is 8. The standard InChI is InChI=1S/C13H8ClF3.C12H14ClF3/c14-12-8-10(9-4-2-1-3-5-9)6-7-11(12)13(15,16)17;1-7-5-8(11(2,3)4)6-9(10(7)13)12(14,15)16/h1-8H;5-6H,1-4H3. The topological polar surface area (TPSA) is 0 Å². The van der Waals surface area contributed by atoms with Crippen LogP contribution in [-0.2, 0) is 17.8 Å². The Morgan fingerprint density at radius 1 is 0.636 bits per heavy atom. The molecule has 0 atom stereocenters. The summed E-state index contributed by atoms with van der Waals surface area (Å²) < 4.78 is 75.6. The number of aryl methyl sites for hydroxylation is 1. The van der Waals surface area contributed by atoms with Crippen LogP contribution in [0.3, 0.4) is 0 Å². The van der Waals surface area contributed by atoms with Gasteiger partial charge in [0.05, 0.1) is 21.2 Å². The number of rotatable bonds is 1. The fourth-order valence-corrected chi connectivity index (χ4v) is 3.47. The zero-order valence-electron chi connectivity index (χ0n) is 18.3. The van der Waals surface area contributed by atoms with E-state index in [0.29, 0.717) is 16.7 Å². The molecule has 0 aliphatic carbocycles. The van der Waals surface area contributed by atoms with Gasteiger partial charge in [0.15, 0.2) is 0 Å². The Hall–Kier alpha value is -2.18. The summed E-state index contributed by atoms with van der Waals surface area (Å²) in [5.41, 5.74) is 0.725. The van der Waals surface area contributed by atoms with Gasteiger partial charge in [-0.15, -0.1) is 0 Å². The first kappa shape index (κ1) is 27.1. The minimum absolute atomic E-state index is 0.208. The average Bonchev–Trinajstić information content (AvgIpc) is 2.68. The maximum atomic E-state index is 12.7. The summed E-state index contributed by atoms with van der Waals surface area (Å²) in [6, 6.07) is 15.7. The first-order valence-corrected chi connectivity index (χ1v) is 10.6. The van der Waals surface area contributed by atoms with Gasteiger partial charge < -0.3 is 0 Å². The van der Waals surface area contributed by atoms with Gasteiger partial charge in [-0.1, -0.05) is 86.4 Å². The molecule has 0 radical (unpaired) electrons. The van der Waals surface area contributed by atoms with Crippen LogP contribution in [0.5, 0.6) is 0 Å². The minimum Gasteiger partial charge on any atom is -0.166 e. The van der Waals surface area contributed by atoms with E-state index in [1.54, 1.807) is 13.0 Å². The lowest BCUT2D eigenvalue weighted by Gasteiger charge is -2.22. The van der Waals surface area contributed by atoms with Crippen LogP contribution < -0.4 is 0 Å². The molecule has 0 spiro atoms. The zero-order valence-corrected chi connectivity index (χ0v) is 19.8. The Morgan fingerprint density at radius 2 is 1.18 bits per heavy atom. The molecule has 178 valence electrons. The van der Waals surface area contributed by atoms with Crippen molar-refractivity contribution in [1.82, 2.24) is 0 Å². The van der Waals surface area contributed by atoms with Gasteiger partial charge in [-0.25, -0.2) is 0 Å². The maximum absolute atomic E-state index is 12.7. The van der Waals surface area contributed by atoms with Crippen molar-refractivity contribution in [3.63, 3.8) is 0 Å². The van der Waals surface area contributed by atoms with Gasteiger partial charge in [0.1, 0.15) is 0 Å². The molecule has 0 heterocycles. The molecule has 0 saturated carbocycles. The summed E-state index contributed by atoms with van der Waals surface area (Å²) in [6.07, 6.45) is -8.81. The highest BCUT2D eigenvalue weighted by Gasteiger charge is 2.35. The van der Waals surface area contributed by atoms with Gasteiger partial charge in [0, 0.05) is 0 Å². The summed E-state index contributed by atoms with van der Waals surface area (Å²) in [4.78, 5) is 0. The van der Waals surface area contributed by atoms with E-state index >= 15 is 0 Å². The molecule has 8 heteroatoms. The Labute approximate surface area is 199 Å². The van der Waals surface area contributed by atoms with Crippen molar-refractivity contribution in [1.29, 1.82) is 0 Å². The van der Waals surface area contributed by atoms with Crippen LogP contribution in [0, 0.1) is 6.92 Å². The highest BCUT2D eigenvalue weighted by molar-refractivity contribution is 6.32. The number of benzene rings is 3. The largest absolute Gasteiger partial charge is 0.417 e. The van der Waals surface area contributed by atoms with Crippen molar-refractivity contribution in [3.8, 4) is 11.1 Å². The van der Waals surface area contributed by atoms with Gasteiger partial charge in [-0.05, 0) is 52.8 Å². The molecular formula is C25H22Cl2F6. The lowest BCUT2D eigenvalue weighted by molar-refractivity contribution is -0.138. The van der Waals surface area contributed by atoms with Crippen molar-refractivity contribution in [3.05, 3.63) is 93.0 Å². The zero-order chi connectivity index (χ0) is 25.2. The molecule has 0 unspecified atom stereocenters. The molecular weight excluding hydrogens is 485 g/mol. The molecule has 3 rings (SSSR count). The van der Waals surface area contributed by atoms with Gasteiger partial charge in [-0.2, -0.15) is 26.3 Å². The summed E-state index contributed by atoms with van der Waals surface area (Å²) >= 11 is 11.3. The van der Waals surface area contributed by atoms with E-state index in [1.807, 2.05) is 51.1 Å². The van der Waals surface area contributed by atoms with Crippen LogP contribution in [0.2, 0.25) is 10.0 Å². The van der Waals surface area contributed by atoms with E-state index < -0.39 is 23.5 Å². The summed E-state index contributed by atoms with van der Waals surface area (Å²) in [7, 11) is 0. The Balaban J connectivity index is 0.000000234. The van der Waals surface area contributed by atoms with Crippen LogP contribution in [0.1, 0.15) is 43.0 Å². The minimum atomic E-state index is -4.41. The third-order valence-electron chi connectivity index (χ3n) is 4.81. The van der Waals surface area contributed by atoms with Crippen LogP contribution in [0.4, 0.5) is 26.3 Å². The van der Waals surface area contributed by atoms with E-state index in [9.17, 15) is 26.3 Å². The Morgan fingerprint density at radius 3 is 1.64 bits per heavy atom. The van der Waals surface area contributed by atoms with Crippen molar-refractivity contribution in [2.24, 2.45) is 0 Å². The quantitative estimate of drug-likeness (QED) is 0.288. The predicted octanol–water partition coefficient (Wildman–Crippen LogP) is 9.99. The van der Waals surface area contributed by atoms with Crippen molar-refractivity contribution in [2.45, 2.75) is 45.5 Å². The highest BCUT2D eigenvalue weighted by Crippen LogP contribution is 2.39. The number of alkyl halides is 6. The summed E-state index contributed by atoms with van der Waals surface area (Å²) in [6.45, 7) is 7.20. The summed E-state index contributed by atoms with van der Waals surface area (Å²) in [5.74, 6) is 0. The van der Waals surface area contributed by atoms with Crippen LogP contribution in [0.25, 0.3) is 11.1 Å².